The molecule has 0 aliphatic rings. The Bertz CT molecular complexity index is 209. The molecule has 1 unspecified atom stereocenters. The summed E-state index contributed by atoms with van der Waals surface area (Å²) in [6, 6.07) is 0. The minimum absolute atomic E-state index is 0.306. The molecule has 0 fully saturated rings. The van der Waals surface area contributed by atoms with Crippen molar-refractivity contribution in [3.63, 3.8) is 0 Å². The van der Waals surface area contributed by atoms with Crippen LogP contribution in [0.15, 0.2) is 6.20 Å². The van der Waals surface area contributed by atoms with Gasteiger partial charge >= 0.3 is 0 Å². The summed E-state index contributed by atoms with van der Waals surface area (Å²) in [6.45, 7) is 1.75. The van der Waals surface area contributed by atoms with Gasteiger partial charge in [0.05, 0.1) is 6.10 Å². The lowest BCUT2D eigenvalue weighted by Gasteiger charge is -1.97. The van der Waals surface area contributed by atoms with Crippen LogP contribution in [0.5, 0.6) is 0 Å². The summed E-state index contributed by atoms with van der Waals surface area (Å²) in [7, 11) is 0. The number of thiazole rings is 1. The molecule has 1 aromatic heterocycles. The molecule has 1 aromatic rings. The maximum Gasteiger partial charge on any atom is 0.180 e. The summed E-state index contributed by atoms with van der Waals surface area (Å²) < 4.78 is 0. The standard InChI is InChI=1S/C6H10N2OS/c1-4(9)2-5-3-8-6(7)10-5/h3-4,9H,2H2,1H3,(H2,7,8). The molecule has 1 rings (SSSR count). The number of nitrogens with zero attached hydrogens (tertiary/aromatic N) is 1. The van der Waals surface area contributed by atoms with Crippen LogP contribution in [0.4, 0.5) is 5.13 Å². The van der Waals surface area contributed by atoms with E-state index in [4.69, 9.17) is 10.8 Å². The summed E-state index contributed by atoms with van der Waals surface area (Å²) >= 11 is 1.42. The molecule has 0 saturated heterocycles. The second kappa shape index (κ2) is 2.98. The lowest BCUT2D eigenvalue weighted by Crippen LogP contribution is -2.01. The normalized spacial score (nSPS) is 13.4. The molecule has 0 aliphatic carbocycles. The maximum atomic E-state index is 8.95. The van der Waals surface area contributed by atoms with Gasteiger partial charge < -0.3 is 10.8 Å². The maximum absolute atomic E-state index is 8.95. The number of aliphatic hydroxyl groups excluding tert-OH is 1. The molecule has 10 heavy (non-hydrogen) atoms. The third-order valence-electron chi connectivity index (χ3n) is 1.07. The Morgan fingerprint density at radius 3 is 3.00 bits per heavy atom. The molecule has 4 heteroatoms. The van der Waals surface area contributed by atoms with Gasteiger partial charge in [-0.15, -0.1) is 11.3 Å². The van der Waals surface area contributed by atoms with Crippen molar-refractivity contribution in [1.82, 2.24) is 4.98 Å². The topological polar surface area (TPSA) is 59.1 Å². The van der Waals surface area contributed by atoms with E-state index in [1.54, 1.807) is 13.1 Å². The molecule has 0 bridgehead atoms. The number of hydrogen-bond acceptors (Lipinski definition) is 4. The highest BCUT2D eigenvalue weighted by Crippen LogP contribution is 2.15. The highest BCUT2D eigenvalue weighted by atomic mass is 32.1. The van der Waals surface area contributed by atoms with E-state index in [1.165, 1.54) is 11.3 Å². The lowest BCUT2D eigenvalue weighted by atomic mass is 10.3. The summed E-state index contributed by atoms with van der Waals surface area (Å²) in [6.07, 6.45) is 2.04. The van der Waals surface area contributed by atoms with Crippen molar-refractivity contribution in [3.8, 4) is 0 Å². The molecule has 1 heterocycles. The minimum Gasteiger partial charge on any atom is -0.393 e. The van der Waals surface area contributed by atoms with Crippen LogP contribution in [0.25, 0.3) is 0 Å². The fourth-order valence-electron chi connectivity index (χ4n) is 0.708. The first-order valence-corrected chi connectivity index (χ1v) is 3.88. The molecule has 3 nitrogen and oxygen atoms in total. The first-order valence-electron chi connectivity index (χ1n) is 3.06. The van der Waals surface area contributed by atoms with E-state index in [9.17, 15) is 0 Å². The van der Waals surface area contributed by atoms with Crippen molar-refractivity contribution >= 4 is 16.5 Å². The van der Waals surface area contributed by atoms with E-state index in [0.717, 1.165) is 4.88 Å². The summed E-state index contributed by atoms with van der Waals surface area (Å²) in [5.41, 5.74) is 5.38. The highest BCUT2D eigenvalue weighted by molar-refractivity contribution is 7.15. The van der Waals surface area contributed by atoms with E-state index in [1.807, 2.05) is 0 Å². The zero-order valence-corrected chi connectivity index (χ0v) is 6.56. The number of hydrogen-bond donors (Lipinski definition) is 2. The van der Waals surface area contributed by atoms with Crippen molar-refractivity contribution in [2.24, 2.45) is 0 Å². The summed E-state index contributed by atoms with van der Waals surface area (Å²) in [4.78, 5) is 4.89. The first-order chi connectivity index (χ1) is 4.68. The van der Waals surface area contributed by atoms with Gasteiger partial charge in [0.1, 0.15) is 0 Å². The Labute approximate surface area is 63.5 Å². The Hall–Kier alpha value is -0.610. The van der Waals surface area contributed by atoms with Gasteiger partial charge in [-0.2, -0.15) is 0 Å². The molecule has 3 N–H and O–H groups in total. The Morgan fingerprint density at radius 2 is 2.60 bits per heavy atom. The number of rotatable bonds is 2. The minimum atomic E-state index is -0.306. The largest absolute Gasteiger partial charge is 0.393 e. The van der Waals surface area contributed by atoms with Gasteiger partial charge in [0.15, 0.2) is 5.13 Å². The van der Waals surface area contributed by atoms with Gasteiger partial charge in [0.25, 0.3) is 0 Å². The molecule has 0 spiro atoms. The smallest absolute Gasteiger partial charge is 0.180 e. The quantitative estimate of drug-likeness (QED) is 0.664. The second-order valence-electron chi connectivity index (χ2n) is 2.22. The fraction of sp³-hybridized carbons (Fsp3) is 0.500. The molecule has 56 valence electrons. The summed E-state index contributed by atoms with van der Waals surface area (Å²) in [5, 5.41) is 9.52. The van der Waals surface area contributed by atoms with E-state index >= 15 is 0 Å². The van der Waals surface area contributed by atoms with Crippen molar-refractivity contribution in [2.75, 3.05) is 5.73 Å². The molecule has 0 amide bonds. The molecular formula is C6H10N2OS. The Morgan fingerprint density at radius 1 is 1.90 bits per heavy atom. The van der Waals surface area contributed by atoms with Crippen molar-refractivity contribution in [1.29, 1.82) is 0 Å². The van der Waals surface area contributed by atoms with E-state index in [0.29, 0.717) is 11.6 Å². The van der Waals surface area contributed by atoms with Crippen LogP contribution in [-0.4, -0.2) is 16.2 Å². The molecule has 0 radical (unpaired) electrons. The number of nitrogen functional groups attached to an aromatic ring is 1. The van der Waals surface area contributed by atoms with E-state index in [-0.39, 0.29) is 6.10 Å². The van der Waals surface area contributed by atoms with Crippen molar-refractivity contribution in [2.45, 2.75) is 19.4 Å². The van der Waals surface area contributed by atoms with Gasteiger partial charge in [-0.3, -0.25) is 0 Å². The van der Waals surface area contributed by atoms with Crippen LogP contribution < -0.4 is 5.73 Å². The van der Waals surface area contributed by atoms with Gasteiger partial charge in [-0.1, -0.05) is 0 Å². The van der Waals surface area contributed by atoms with Gasteiger partial charge in [-0.05, 0) is 6.92 Å². The number of aliphatic hydroxyl groups is 1. The first kappa shape index (κ1) is 7.50. The molecule has 1 atom stereocenters. The van der Waals surface area contributed by atoms with E-state index < -0.39 is 0 Å². The molecule has 0 aliphatic heterocycles. The third kappa shape index (κ3) is 1.97. The van der Waals surface area contributed by atoms with Gasteiger partial charge in [0.2, 0.25) is 0 Å². The average molecular weight is 158 g/mol. The third-order valence-corrected chi connectivity index (χ3v) is 1.92. The fourth-order valence-corrected chi connectivity index (χ4v) is 1.51. The van der Waals surface area contributed by atoms with Gasteiger partial charge in [-0.25, -0.2) is 4.98 Å². The number of nitrogens with two attached hydrogens (primary N) is 1. The predicted molar refractivity (Wildman–Crippen MR) is 41.9 cm³/mol. The van der Waals surface area contributed by atoms with Crippen LogP contribution in [0.2, 0.25) is 0 Å². The van der Waals surface area contributed by atoms with Crippen LogP contribution in [-0.2, 0) is 6.42 Å². The van der Waals surface area contributed by atoms with Crippen LogP contribution in [0.1, 0.15) is 11.8 Å². The number of anilines is 1. The molecule has 0 aromatic carbocycles. The predicted octanol–water partition coefficient (Wildman–Crippen LogP) is 0.649. The zero-order chi connectivity index (χ0) is 7.56. The highest BCUT2D eigenvalue weighted by Gasteiger charge is 2.01. The van der Waals surface area contributed by atoms with Crippen LogP contribution in [0.3, 0.4) is 0 Å². The SMILES string of the molecule is CC(O)Cc1cnc(N)s1. The molecule has 0 saturated carbocycles. The number of aromatic nitrogens is 1. The Balaban J connectivity index is 2.58. The molecular weight excluding hydrogens is 148 g/mol. The lowest BCUT2D eigenvalue weighted by molar-refractivity contribution is 0.196. The van der Waals surface area contributed by atoms with Crippen molar-refractivity contribution in [3.05, 3.63) is 11.1 Å². The van der Waals surface area contributed by atoms with E-state index in [2.05, 4.69) is 4.98 Å². The monoisotopic (exact) mass is 158 g/mol. The zero-order valence-electron chi connectivity index (χ0n) is 5.74. The van der Waals surface area contributed by atoms with Gasteiger partial charge in [0, 0.05) is 17.5 Å². The summed E-state index contributed by atoms with van der Waals surface area (Å²) in [5.74, 6) is 0. The Kier molecular flexibility index (Phi) is 2.24. The van der Waals surface area contributed by atoms with Crippen molar-refractivity contribution < 1.29 is 5.11 Å². The average Bonchev–Trinajstić information content (AvgIpc) is 2.13. The second-order valence-corrected chi connectivity index (χ2v) is 3.36. The van der Waals surface area contributed by atoms with Crippen LogP contribution >= 0.6 is 11.3 Å². The van der Waals surface area contributed by atoms with Crippen LogP contribution in [0, 0.1) is 0 Å².